The van der Waals surface area contributed by atoms with Gasteiger partial charge in [-0.25, -0.2) is 4.39 Å². The highest BCUT2D eigenvalue weighted by Gasteiger charge is 2.52. The molecule has 0 aliphatic carbocycles. The first-order valence-corrected chi connectivity index (χ1v) is 8.52. The summed E-state index contributed by atoms with van der Waals surface area (Å²) < 4.78 is 32.2. The van der Waals surface area contributed by atoms with Gasteiger partial charge >= 0.3 is 7.12 Å². The quantitative estimate of drug-likeness (QED) is 0.786. The molecule has 0 amide bonds. The van der Waals surface area contributed by atoms with E-state index in [0.29, 0.717) is 12.1 Å². The third-order valence-corrected chi connectivity index (χ3v) is 5.06. The fraction of sp³-hybridized carbons (Fsp3) is 0.400. The molecule has 1 saturated heterocycles. The lowest BCUT2D eigenvalue weighted by Gasteiger charge is -2.32. The topological polar surface area (TPSA) is 27.7 Å². The van der Waals surface area contributed by atoms with Crippen LogP contribution in [-0.2, 0) is 15.9 Å². The number of hydrogen-bond donors (Lipinski definition) is 0. The van der Waals surface area contributed by atoms with Crippen molar-refractivity contribution in [2.45, 2.75) is 52.4 Å². The summed E-state index contributed by atoms with van der Waals surface area (Å²) in [6, 6.07) is 12.9. The number of benzene rings is 2. The van der Waals surface area contributed by atoms with E-state index < -0.39 is 24.1 Å². The molecular formula is C20H24BFO3. The van der Waals surface area contributed by atoms with Gasteiger partial charge in [0.05, 0.1) is 11.2 Å². The highest BCUT2D eigenvalue weighted by Crippen LogP contribution is 2.37. The Morgan fingerprint density at radius 2 is 1.60 bits per heavy atom. The molecule has 0 unspecified atom stereocenters. The average Bonchev–Trinajstić information content (AvgIpc) is 2.76. The first-order valence-electron chi connectivity index (χ1n) is 8.52. The van der Waals surface area contributed by atoms with E-state index in [9.17, 15) is 4.39 Å². The molecule has 0 spiro atoms. The van der Waals surface area contributed by atoms with Crippen molar-refractivity contribution in [2.24, 2.45) is 0 Å². The van der Waals surface area contributed by atoms with E-state index in [-0.39, 0.29) is 5.75 Å². The number of ether oxygens (including phenoxy) is 1. The van der Waals surface area contributed by atoms with E-state index in [1.807, 2.05) is 65.0 Å². The van der Waals surface area contributed by atoms with Crippen LogP contribution in [0.1, 0.15) is 38.8 Å². The summed E-state index contributed by atoms with van der Waals surface area (Å²) in [5.74, 6) is -0.173. The molecule has 0 N–H and O–H groups in total. The molecule has 1 heterocycles. The Morgan fingerprint density at radius 1 is 1.00 bits per heavy atom. The molecule has 0 aromatic heterocycles. The van der Waals surface area contributed by atoms with Gasteiger partial charge in [0.1, 0.15) is 6.61 Å². The second-order valence-electron chi connectivity index (χ2n) is 7.50. The van der Waals surface area contributed by atoms with E-state index in [2.05, 4.69) is 0 Å². The van der Waals surface area contributed by atoms with E-state index >= 15 is 0 Å². The van der Waals surface area contributed by atoms with Gasteiger partial charge in [0.2, 0.25) is 0 Å². The fourth-order valence-electron chi connectivity index (χ4n) is 2.74. The van der Waals surface area contributed by atoms with Crippen LogP contribution in [0.2, 0.25) is 0 Å². The normalized spacial score (nSPS) is 18.4. The molecule has 132 valence electrons. The van der Waals surface area contributed by atoms with Crippen LogP contribution in [0.3, 0.4) is 0 Å². The van der Waals surface area contributed by atoms with Crippen molar-refractivity contribution in [1.82, 2.24) is 0 Å². The Balaban J connectivity index is 1.79. The monoisotopic (exact) mass is 342 g/mol. The van der Waals surface area contributed by atoms with Gasteiger partial charge in [-0.05, 0) is 63.3 Å². The van der Waals surface area contributed by atoms with Crippen LogP contribution >= 0.6 is 0 Å². The van der Waals surface area contributed by atoms with Crippen LogP contribution in [0.5, 0.6) is 5.75 Å². The van der Waals surface area contributed by atoms with Crippen molar-refractivity contribution >= 4 is 12.6 Å². The van der Waals surface area contributed by atoms with Crippen LogP contribution in [0.15, 0.2) is 42.5 Å². The molecule has 5 heteroatoms. The Hall–Kier alpha value is -1.85. The van der Waals surface area contributed by atoms with Crippen LogP contribution in [0.25, 0.3) is 0 Å². The Morgan fingerprint density at radius 3 is 2.20 bits per heavy atom. The summed E-state index contributed by atoms with van der Waals surface area (Å²) in [6.45, 7) is 10.2. The van der Waals surface area contributed by atoms with Gasteiger partial charge < -0.3 is 14.0 Å². The predicted molar refractivity (Wildman–Crippen MR) is 97.6 cm³/mol. The SMILES string of the molecule is Cc1cc(OCc2ccccc2)c(F)cc1B1OC(C)(C)C(C)(C)O1. The molecule has 0 atom stereocenters. The second kappa shape index (κ2) is 6.47. The summed E-state index contributed by atoms with van der Waals surface area (Å²) in [5.41, 5.74) is 1.66. The third-order valence-electron chi connectivity index (χ3n) is 5.06. The lowest BCUT2D eigenvalue weighted by atomic mass is 9.76. The summed E-state index contributed by atoms with van der Waals surface area (Å²) in [4.78, 5) is 0. The van der Waals surface area contributed by atoms with Gasteiger partial charge in [-0.15, -0.1) is 0 Å². The molecule has 2 aromatic carbocycles. The van der Waals surface area contributed by atoms with E-state index in [4.69, 9.17) is 14.0 Å². The number of halogens is 1. The molecule has 3 nitrogen and oxygen atoms in total. The summed E-state index contributed by atoms with van der Waals surface area (Å²) >= 11 is 0. The minimum Gasteiger partial charge on any atom is -0.486 e. The summed E-state index contributed by atoms with van der Waals surface area (Å²) in [5, 5.41) is 0. The van der Waals surface area contributed by atoms with E-state index in [1.165, 1.54) is 6.07 Å². The van der Waals surface area contributed by atoms with Crippen molar-refractivity contribution < 1.29 is 18.4 Å². The van der Waals surface area contributed by atoms with Gasteiger partial charge in [-0.1, -0.05) is 30.3 Å². The van der Waals surface area contributed by atoms with Crippen molar-refractivity contribution in [3.05, 3.63) is 59.4 Å². The maximum atomic E-state index is 14.5. The highest BCUT2D eigenvalue weighted by molar-refractivity contribution is 6.62. The lowest BCUT2D eigenvalue weighted by Crippen LogP contribution is -2.41. The van der Waals surface area contributed by atoms with Gasteiger partial charge in [-0.3, -0.25) is 0 Å². The zero-order valence-corrected chi connectivity index (χ0v) is 15.4. The largest absolute Gasteiger partial charge is 0.495 e. The second-order valence-corrected chi connectivity index (χ2v) is 7.50. The molecule has 0 saturated carbocycles. The fourth-order valence-corrected chi connectivity index (χ4v) is 2.74. The number of hydrogen-bond acceptors (Lipinski definition) is 3. The lowest BCUT2D eigenvalue weighted by molar-refractivity contribution is 0.00578. The minimum absolute atomic E-state index is 0.238. The smallest absolute Gasteiger partial charge is 0.486 e. The molecule has 25 heavy (non-hydrogen) atoms. The zero-order chi connectivity index (χ0) is 18.2. The molecule has 1 aliphatic heterocycles. The number of aryl methyl sites for hydroxylation is 1. The average molecular weight is 342 g/mol. The maximum Gasteiger partial charge on any atom is 0.495 e. The van der Waals surface area contributed by atoms with Crippen molar-refractivity contribution in [1.29, 1.82) is 0 Å². The highest BCUT2D eigenvalue weighted by atomic mass is 19.1. The van der Waals surface area contributed by atoms with Crippen molar-refractivity contribution in [2.75, 3.05) is 0 Å². The summed E-state index contributed by atoms with van der Waals surface area (Å²) in [7, 11) is -0.581. The molecule has 2 aromatic rings. The molecule has 1 aliphatic rings. The maximum absolute atomic E-state index is 14.5. The summed E-state index contributed by atoms with van der Waals surface area (Å²) in [6.07, 6.45) is 0. The van der Waals surface area contributed by atoms with Crippen molar-refractivity contribution in [3.8, 4) is 5.75 Å². The molecular weight excluding hydrogens is 318 g/mol. The Bertz CT molecular complexity index is 743. The third kappa shape index (κ3) is 3.58. The number of rotatable bonds is 4. The molecule has 0 radical (unpaired) electrons. The predicted octanol–water partition coefficient (Wildman–Crippen LogP) is 4.01. The zero-order valence-electron chi connectivity index (χ0n) is 15.4. The first-order chi connectivity index (χ1) is 11.7. The minimum atomic E-state index is -0.581. The van der Waals surface area contributed by atoms with E-state index in [0.717, 1.165) is 11.1 Å². The molecule has 3 rings (SSSR count). The standard InChI is InChI=1S/C20H24BFO3/c1-14-11-18(23-13-15-9-7-6-8-10-15)17(22)12-16(14)21-24-19(2,3)20(4,5)25-21/h6-12H,13H2,1-5H3. The Kier molecular flexibility index (Phi) is 4.65. The van der Waals surface area contributed by atoms with Crippen LogP contribution in [0.4, 0.5) is 4.39 Å². The van der Waals surface area contributed by atoms with Gasteiger partial charge in [0, 0.05) is 0 Å². The van der Waals surface area contributed by atoms with Gasteiger partial charge in [0.15, 0.2) is 11.6 Å². The van der Waals surface area contributed by atoms with Crippen molar-refractivity contribution in [3.63, 3.8) is 0 Å². The van der Waals surface area contributed by atoms with Crippen LogP contribution in [-0.4, -0.2) is 18.3 Å². The van der Waals surface area contributed by atoms with Crippen LogP contribution < -0.4 is 10.2 Å². The van der Waals surface area contributed by atoms with E-state index in [1.54, 1.807) is 6.07 Å². The Labute approximate surface area is 149 Å². The first kappa shape index (κ1) is 18.0. The molecule has 1 fully saturated rings. The van der Waals surface area contributed by atoms with Gasteiger partial charge in [0.25, 0.3) is 0 Å². The van der Waals surface area contributed by atoms with Gasteiger partial charge in [-0.2, -0.15) is 0 Å². The molecule has 0 bridgehead atoms. The van der Waals surface area contributed by atoms with Crippen LogP contribution in [0, 0.1) is 12.7 Å².